The normalized spacial score (nSPS) is 28.1. The Bertz CT molecular complexity index is 757. The summed E-state index contributed by atoms with van der Waals surface area (Å²) in [6.07, 6.45) is -0.304. The maximum absolute atomic E-state index is 13.0. The summed E-state index contributed by atoms with van der Waals surface area (Å²) in [5.74, 6) is -0.126. The predicted octanol–water partition coefficient (Wildman–Crippen LogP) is 0.918. The third kappa shape index (κ3) is 4.09. The van der Waals surface area contributed by atoms with Crippen molar-refractivity contribution in [2.24, 2.45) is 0 Å². The fraction of sp³-hybridized carbons (Fsp3) is 0.611. The molecule has 0 spiro atoms. The molecule has 3 atom stereocenters. The number of amides is 1. The largest absolute Gasteiger partial charge is 0.373 e. The average molecular weight is 381 g/mol. The summed E-state index contributed by atoms with van der Waals surface area (Å²) in [5, 5.41) is 3.30. The summed E-state index contributed by atoms with van der Waals surface area (Å²) in [5.41, 5.74) is 0.412. The second-order valence-corrected chi connectivity index (χ2v) is 9.15. The molecule has 3 rings (SSSR count). The van der Waals surface area contributed by atoms with E-state index in [2.05, 4.69) is 5.32 Å². The molecule has 1 aromatic rings. The van der Waals surface area contributed by atoms with E-state index in [4.69, 9.17) is 4.74 Å². The van der Waals surface area contributed by atoms with E-state index >= 15 is 0 Å². The first-order valence-corrected chi connectivity index (χ1v) is 10.5. The van der Waals surface area contributed by atoms with E-state index in [0.717, 1.165) is 6.54 Å². The minimum Gasteiger partial charge on any atom is -0.373 e. The molecule has 3 unspecified atom stereocenters. The van der Waals surface area contributed by atoms with Crippen LogP contribution in [0, 0.1) is 0 Å². The smallest absolute Gasteiger partial charge is 0.253 e. The van der Waals surface area contributed by atoms with Gasteiger partial charge in [0.05, 0.1) is 17.1 Å². The van der Waals surface area contributed by atoms with Crippen molar-refractivity contribution in [2.45, 2.75) is 43.9 Å². The van der Waals surface area contributed by atoms with Crippen LogP contribution in [0.5, 0.6) is 0 Å². The minimum atomic E-state index is -3.66. The number of hydrogen-bond donors (Lipinski definition) is 1. The molecular weight excluding hydrogens is 354 g/mol. The highest BCUT2D eigenvalue weighted by atomic mass is 32.2. The Balaban J connectivity index is 1.83. The van der Waals surface area contributed by atoms with Crippen molar-refractivity contribution in [3.63, 3.8) is 0 Å². The van der Waals surface area contributed by atoms with Crippen LogP contribution in [0.15, 0.2) is 29.2 Å². The number of nitrogens with zero attached hydrogens (tertiary/aromatic N) is 2. The summed E-state index contributed by atoms with van der Waals surface area (Å²) >= 11 is 0. The number of piperazine rings is 1. The third-order valence-corrected chi connectivity index (χ3v) is 6.59. The lowest BCUT2D eigenvalue weighted by Gasteiger charge is -2.34. The van der Waals surface area contributed by atoms with Gasteiger partial charge >= 0.3 is 0 Å². The van der Waals surface area contributed by atoms with Crippen molar-refractivity contribution in [2.75, 3.05) is 32.7 Å². The van der Waals surface area contributed by atoms with Crippen molar-refractivity contribution in [3.8, 4) is 0 Å². The molecular formula is C18H27N3O4S. The lowest BCUT2D eigenvalue weighted by atomic mass is 10.1. The van der Waals surface area contributed by atoms with Gasteiger partial charge in [-0.15, -0.1) is 0 Å². The lowest BCUT2D eigenvalue weighted by molar-refractivity contribution is -0.0440. The van der Waals surface area contributed by atoms with Gasteiger partial charge in [0.15, 0.2) is 0 Å². The highest BCUT2D eigenvalue weighted by Gasteiger charge is 2.32. The Morgan fingerprint density at radius 1 is 1.15 bits per heavy atom. The quantitative estimate of drug-likeness (QED) is 0.842. The van der Waals surface area contributed by atoms with Crippen LogP contribution in [-0.2, 0) is 14.8 Å². The van der Waals surface area contributed by atoms with Crippen molar-refractivity contribution in [1.29, 1.82) is 0 Å². The number of benzene rings is 1. The zero-order valence-corrected chi connectivity index (χ0v) is 16.3. The van der Waals surface area contributed by atoms with Gasteiger partial charge < -0.3 is 15.0 Å². The molecule has 1 aromatic carbocycles. The summed E-state index contributed by atoms with van der Waals surface area (Å²) < 4.78 is 33.1. The molecule has 0 aromatic heterocycles. The van der Waals surface area contributed by atoms with Gasteiger partial charge in [0.25, 0.3) is 5.91 Å². The third-order valence-electron chi connectivity index (χ3n) is 4.76. The van der Waals surface area contributed by atoms with Crippen LogP contribution >= 0.6 is 0 Å². The van der Waals surface area contributed by atoms with Gasteiger partial charge in [-0.05, 0) is 39.0 Å². The van der Waals surface area contributed by atoms with Crippen molar-refractivity contribution in [1.82, 2.24) is 14.5 Å². The second-order valence-electron chi connectivity index (χ2n) is 7.21. The van der Waals surface area contributed by atoms with E-state index in [9.17, 15) is 13.2 Å². The van der Waals surface area contributed by atoms with Crippen molar-refractivity contribution >= 4 is 15.9 Å². The van der Waals surface area contributed by atoms with Gasteiger partial charge in [-0.2, -0.15) is 4.31 Å². The molecule has 2 aliphatic heterocycles. The van der Waals surface area contributed by atoms with E-state index in [-0.39, 0.29) is 29.1 Å². The number of nitrogens with one attached hydrogen (secondary N) is 1. The zero-order valence-electron chi connectivity index (χ0n) is 15.5. The molecule has 0 saturated carbocycles. The summed E-state index contributed by atoms with van der Waals surface area (Å²) in [7, 11) is -3.66. The first kappa shape index (κ1) is 19.3. The number of sulfonamides is 1. The molecule has 0 aliphatic carbocycles. The molecule has 2 saturated heterocycles. The monoisotopic (exact) mass is 381 g/mol. The van der Waals surface area contributed by atoms with Crippen LogP contribution in [0.2, 0.25) is 0 Å². The molecule has 8 heteroatoms. The number of hydrogen-bond acceptors (Lipinski definition) is 5. The molecule has 1 N–H and O–H groups in total. The molecule has 0 bridgehead atoms. The van der Waals surface area contributed by atoms with E-state index in [1.807, 2.05) is 20.8 Å². The fourth-order valence-electron chi connectivity index (χ4n) is 3.56. The zero-order chi connectivity index (χ0) is 18.9. The maximum atomic E-state index is 13.0. The second kappa shape index (κ2) is 7.64. The number of morpholine rings is 1. The highest BCUT2D eigenvalue weighted by molar-refractivity contribution is 7.89. The van der Waals surface area contributed by atoms with Gasteiger partial charge in [-0.3, -0.25) is 4.79 Å². The van der Waals surface area contributed by atoms with Crippen LogP contribution in [0.25, 0.3) is 0 Å². The standard InChI is InChI=1S/C18H27N3O4S/c1-13-10-20(8-7-19-13)18(22)16-5-4-6-17(9-16)26(23,24)21-11-14(2)25-15(3)12-21/h4-6,9,13-15,19H,7-8,10-12H2,1-3H3. The SMILES string of the molecule is CC1CN(C(=O)c2cccc(S(=O)(=O)N3CC(C)OC(C)C3)c2)CCN1. The topological polar surface area (TPSA) is 79.0 Å². The number of carbonyl (C=O) groups excluding carboxylic acids is 1. The predicted molar refractivity (Wildman–Crippen MR) is 98.6 cm³/mol. The Labute approximate surface area is 155 Å². The molecule has 144 valence electrons. The Morgan fingerprint density at radius 2 is 1.85 bits per heavy atom. The first-order chi connectivity index (χ1) is 12.3. The summed E-state index contributed by atoms with van der Waals surface area (Å²) in [4.78, 5) is 14.7. The summed E-state index contributed by atoms with van der Waals surface area (Å²) in [6.45, 7) is 8.39. The molecule has 2 fully saturated rings. The van der Waals surface area contributed by atoms with Crippen LogP contribution in [0.1, 0.15) is 31.1 Å². The van der Waals surface area contributed by atoms with E-state index < -0.39 is 10.0 Å². The summed E-state index contributed by atoms with van der Waals surface area (Å²) in [6, 6.07) is 6.60. The molecule has 26 heavy (non-hydrogen) atoms. The average Bonchev–Trinajstić information content (AvgIpc) is 2.60. The van der Waals surface area contributed by atoms with Gasteiger partial charge in [0.1, 0.15) is 0 Å². The molecule has 1 amide bonds. The molecule has 0 radical (unpaired) electrons. The highest BCUT2D eigenvalue weighted by Crippen LogP contribution is 2.22. The van der Waals surface area contributed by atoms with E-state index in [0.29, 0.717) is 31.7 Å². The van der Waals surface area contributed by atoms with Gasteiger partial charge in [-0.25, -0.2) is 8.42 Å². The van der Waals surface area contributed by atoms with Crippen molar-refractivity contribution < 1.29 is 17.9 Å². The Kier molecular flexibility index (Phi) is 5.67. The van der Waals surface area contributed by atoms with E-state index in [1.165, 1.54) is 10.4 Å². The lowest BCUT2D eigenvalue weighted by Crippen LogP contribution is -2.51. The van der Waals surface area contributed by atoms with Gasteiger partial charge in [0.2, 0.25) is 10.0 Å². The number of ether oxygens (including phenoxy) is 1. The van der Waals surface area contributed by atoms with E-state index in [1.54, 1.807) is 23.1 Å². The Hall–Kier alpha value is -1.48. The van der Waals surface area contributed by atoms with Crippen molar-refractivity contribution in [3.05, 3.63) is 29.8 Å². The van der Waals surface area contributed by atoms with Gasteiger partial charge in [-0.1, -0.05) is 6.07 Å². The van der Waals surface area contributed by atoms with Crippen LogP contribution in [-0.4, -0.2) is 74.5 Å². The molecule has 2 heterocycles. The number of carbonyl (C=O) groups is 1. The van der Waals surface area contributed by atoms with Gasteiger partial charge in [0, 0.05) is 44.3 Å². The molecule has 7 nitrogen and oxygen atoms in total. The minimum absolute atomic E-state index is 0.126. The van der Waals surface area contributed by atoms with Crippen LogP contribution < -0.4 is 5.32 Å². The fourth-order valence-corrected chi connectivity index (χ4v) is 5.20. The molecule has 2 aliphatic rings. The maximum Gasteiger partial charge on any atom is 0.253 e. The first-order valence-electron chi connectivity index (χ1n) is 9.05. The number of rotatable bonds is 3. The van der Waals surface area contributed by atoms with Crippen LogP contribution in [0.3, 0.4) is 0 Å². The van der Waals surface area contributed by atoms with Crippen LogP contribution in [0.4, 0.5) is 0 Å². The Morgan fingerprint density at radius 3 is 2.50 bits per heavy atom.